The zero-order chi connectivity index (χ0) is 13.9. The first-order chi connectivity index (χ1) is 9.79. The number of fused-ring (bicyclic) bond motifs is 1. The van der Waals surface area contributed by atoms with E-state index in [1.807, 2.05) is 23.1 Å². The number of thiazole rings is 1. The molecule has 1 aromatic heterocycles. The molecular formula is C15H18N2O2S. The summed E-state index contributed by atoms with van der Waals surface area (Å²) >= 11 is 1.55. The second-order valence-corrected chi connectivity index (χ2v) is 6.08. The molecule has 1 aromatic carbocycles. The van der Waals surface area contributed by atoms with Crippen molar-refractivity contribution in [3.05, 3.63) is 29.3 Å². The Labute approximate surface area is 122 Å². The molecule has 0 bridgehead atoms. The highest BCUT2D eigenvalue weighted by molar-refractivity contribution is 7.16. The van der Waals surface area contributed by atoms with Gasteiger partial charge in [0.15, 0.2) is 0 Å². The van der Waals surface area contributed by atoms with Crippen LogP contribution in [0.15, 0.2) is 23.7 Å². The number of hydrogen-bond donors (Lipinski definition) is 1. The van der Waals surface area contributed by atoms with Crippen molar-refractivity contribution in [2.75, 3.05) is 13.2 Å². The van der Waals surface area contributed by atoms with Crippen molar-refractivity contribution in [3.8, 4) is 0 Å². The number of aliphatic hydroxyl groups excluding tert-OH is 1. The number of rotatable bonds is 5. The molecule has 5 heteroatoms. The highest BCUT2D eigenvalue weighted by Crippen LogP contribution is 2.27. The van der Waals surface area contributed by atoms with Crippen LogP contribution in [-0.4, -0.2) is 40.1 Å². The summed E-state index contributed by atoms with van der Waals surface area (Å²) in [5.41, 5.74) is 3.47. The maximum Gasteiger partial charge on any atom is 0.254 e. The van der Waals surface area contributed by atoms with Crippen LogP contribution in [-0.2, 0) is 0 Å². The number of aromatic nitrogens is 1. The third-order valence-electron chi connectivity index (χ3n) is 3.91. The van der Waals surface area contributed by atoms with E-state index < -0.39 is 0 Å². The zero-order valence-corrected chi connectivity index (χ0v) is 12.1. The number of carbonyl (C=O) groups excluding carboxylic acids is 1. The van der Waals surface area contributed by atoms with Gasteiger partial charge in [-0.05, 0) is 43.9 Å². The lowest BCUT2D eigenvalue weighted by Crippen LogP contribution is -2.44. The van der Waals surface area contributed by atoms with Gasteiger partial charge in [-0.2, -0.15) is 0 Å². The molecule has 20 heavy (non-hydrogen) atoms. The van der Waals surface area contributed by atoms with E-state index in [0.29, 0.717) is 19.0 Å². The Hall–Kier alpha value is -1.46. The van der Waals surface area contributed by atoms with E-state index in [0.717, 1.165) is 28.6 Å². The van der Waals surface area contributed by atoms with Crippen molar-refractivity contribution >= 4 is 27.5 Å². The van der Waals surface area contributed by atoms with E-state index in [9.17, 15) is 4.79 Å². The highest BCUT2D eigenvalue weighted by Gasteiger charge is 2.29. The quantitative estimate of drug-likeness (QED) is 0.921. The van der Waals surface area contributed by atoms with Crippen molar-refractivity contribution in [1.82, 2.24) is 9.88 Å². The summed E-state index contributed by atoms with van der Waals surface area (Å²) in [7, 11) is 0. The van der Waals surface area contributed by atoms with Crippen molar-refractivity contribution < 1.29 is 9.90 Å². The van der Waals surface area contributed by atoms with Crippen LogP contribution in [0, 0.1) is 0 Å². The molecule has 0 atom stereocenters. The summed E-state index contributed by atoms with van der Waals surface area (Å²) in [5, 5.41) is 9.01. The first kappa shape index (κ1) is 13.5. The lowest BCUT2D eigenvalue weighted by atomic mass is 9.90. The van der Waals surface area contributed by atoms with Gasteiger partial charge in [0, 0.05) is 24.8 Å². The van der Waals surface area contributed by atoms with Crippen LogP contribution in [0.5, 0.6) is 0 Å². The second-order valence-electron chi connectivity index (χ2n) is 5.20. The van der Waals surface area contributed by atoms with Crippen LogP contribution < -0.4 is 0 Å². The molecule has 1 saturated carbocycles. The summed E-state index contributed by atoms with van der Waals surface area (Å²) in [6, 6.07) is 6.05. The molecule has 1 fully saturated rings. The summed E-state index contributed by atoms with van der Waals surface area (Å²) in [4.78, 5) is 18.8. The molecule has 1 heterocycles. The molecule has 2 aromatic rings. The van der Waals surface area contributed by atoms with Gasteiger partial charge >= 0.3 is 0 Å². The molecule has 0 unspecified atom stereocenters. The zero-order valence-electron chi connectivity index (χ0n) is 11.3. The number of carbonyl (C=O) groups is 1. The van der Waals surface area contributed by atoms with Crippen LogP contribution in [0.25, 0.3) is 10.2 Å². The summed E-state index contributed by atoms with van der Waals surface area (Å²) in [5.74, 6) is 0.0819. The van der Waals surface area contributed by atoms with Crippen LogP contribution in [0.2, 0.25) is 0 Å². The summed E-state index contributed by atoms with van der Waals surface area (Å²) in [6.45, 7) is 0.769. The highest BCUT2D eigenvalue weighted by atomic mass is 32.1. The Morgan fingerprint density at radius 3 is 3.00 bits per heavy atom. The van der Waals surface area contributed by atoms with Crippen LogP contribution in [0.1, 0.15) is 36.0 Å². The second kappa shape index (κ2) is 5.89. The minimum atomic E-state index is 0.0819. The Morgan fingerprint density at radius 2 is 2.30 bits per heavy atom. The van der Waals surface area contributed by atoms with Gasteiger partial charge in [0.05, 0.1) is 15.7 Å². The normalized spacial score (nSPS) is 15.2. The van der Waals surface area contributed by atoms with Crippen LogP contribution >= 0.6 is 11.3 Å². The van der Waals surface area contributed by atoms with Gasteiger partial charge in [0.2, 0.25) is 0 Å². The molecule has 1 aliphatic carbocycles. The van der Waals surface area contributed by atoms with E-state index in [-0.39, 0.29) is 12.5 Å². The Bertz CT molecular complexity index is 607. The summed E-state index contributed by atoms with van der Waals surface area (Å²) < 4.78 is 1.05. The number of benzene rings is 1. The van der Waals surface area contributed by atoms with Crippen LogP contribution in [0.4, 0.5) is 0 Å². The molecule has 0 aliphatic heterocycles. The fraction of sp³-hybridized carbons (Fsp3) is 0.467. The smallest absolute Gasteiger partial charge is 0.254 e. The molecule has 3 rings (SSSR count). The molecule has 0 radical (unpaired) electrons. The van der Waals surface area contributed by atoms with Crippen molar-refractivity contribution in [3.63, 3.8) is 0 Å². The maximum atomic E-state index is 12.7. The summed E-state index contributed by atoms with van der Waals surface area (Å²) in [6.07, 6.45) is 4.01. The third-order valence-corrected chi connectivity index (χ3v) is 4.70. The van der Waals surface area contributed by atoms with E-state index in [4.69, 9.17) is 5.11 Å². The van der Waals surface area contributed by atoms with Gasteiger partial charge in [-0.3, -0.25) is 4.79 Å². The lowest BCUT2D eigenvalue weighted by molar-refractivity contribution is 0.0562. The van der Waals surface area contributed by atoms with Gasteiger partial charge in [-0.15, -0.1) is 11.3 Å². The molecule has 4 nitrogen and oxygen atoms in total. The monoisotopic (exact) mass is 290 g/mol. The van der Waals surface area contributed by atoms with Crippen LogP contribution in [0.3, 0.4) is 0 Å². The topological polar surface area (TPSA) is 53.4 Å². The maximum absolute atomic E-state index is 12.7. The molecule has 1 amide bonds. The molecule has 1 N–H and O–H groups in total. The van der Waals surface area contributed by atoms with E-state index in [2.05, 4.69) is 4.98 Å². The van der Waals surface area contributed by atoms with E-state index in [1.54, 1.807) is 16.8 Å². The van der Waals surface area contributed by atoms with E-state index >= 15 is 0 Å². The molecule has 0 spiro atoms. The SMILES string of the molecule is O=C(c1ccc2ncsc2c1)N(CCCO)C1CCC1. The van der Waals surface area contributed by atoms with Gasteiger partial charge in [0.25, 0.3) is 5.91 Å². The average molecular weight is 290 g/mol. The molecule has 106 valence electrons. The first-order valence-electron chi connectivity index (χ1n) is 7.04. The number of aliphatic hydroxyl groups is 1. The number of nitrogens with zero attached hydrogens (tertiary/aromatic N) is 2. The Kier molecular flexibility index (Phi) is 3.98. The average Bonchev–Trinajstić information content (AvgIpc) is 2.87. The molecule has 1 aliphatic rings. The standard InChI is InChI=1S/C15H18N2O2S/c18-8-2-7-17(12-3-1-4-12)15(19)11-5-6-13-14(9-11)20-10-16-13/h5-6,9-10,12,18H,1-4,7-8H2. The van der Waals surface area contributed by atoms with E-state index in [1.165, 1.54) is 6.42 Å². The lowest BCUT2D eigenvalue weighted by Gasteiger charge is -2.37. The first-order valence-corrected chi connectivity index (χ1v) is 7.92. The van der Waals surface area contributed by atoms with Crippen molar-refractivity contribution in [1.29, 1.82) is 0 Å². The van der Waals surface area contributed by atoms with Gasteiger partial charge in [-0.1, -0.05) is 0 Å². The van der Waals surface area contributed by atoms with Gasteiger partial charge in [0.1, 0.15) is 0 Å². The molecule has 0 saturated heterocycles. The van der Waals surface area contributed by atoms with Crippen molar-refractivity contribution in [2.24, 2.45) is 0 Å². The fourth-order valence-corrected chi connectivity index (χ4v) is 3.26. The van der Waals surface area contributed by atoms with Gasteiger partial charge in [-0.25, -0.2) is 4.98 Å². The Balaban J connectivity index is 1.83. The number of hydrogen-bond acceptors (Lipinski definition) is 4. The number of amides is 1. The third kappa shape index (κ3) is 2.55. The predicted octanol–water partition coefficient (Wildman–Crippen LogP) is 2.67. The minimum absolute atomic E-state index is 0.0819. The Morgan fingerprint density at radius 1 is 1.45 bits per heavy atom. The minimum Gasteiger partial charge on any atom is -0.396 e. The van der Waals surface area contributed by atoms with Crippen molar-refractivity contribution in [2.45, 2.75) is 31.7 Å². The largest absolute Gasteiger partial charge is 0.396 e. The van der Waals surface area contributed by atoms with Gasteiger partial charge < -0.3 is 10.0 Å². The fourth-order valence-electron chi connectivity index (χ4n) is 2.54. The predicted molar refractivity (Wildman–Crippen MR) is 80.0 cm³/mol. The molecular weight excluding hydrogens is 272 g/mol.